The van der Waals surface area contributed by atoms with Gasteiger partial charge in [0.25, 0.3) is 0 Å². The maximum atomic E-state index is 12.1. The molecule has 0 unspecified atom stereocenters. The Labute approximate surface area is 125 Å². The van der Waals surface area contributed by atoms with Crippen LogP contribution < -0.4 is 4.72 Å². The zero-order valence-electron chi connectivity index (χ0n) is 10.2. The smallest absolute Gasteiger partial charge is 0.322 e. The average Bonchev–Trinajstić information content (AvgIpc) is 2.28. The topological polar surface area (TPSA) is 83.5 Å². The molecule has 0 aliphatic heterocycles. The van der Waals surface area contributed by atoms with Crippen LogP contribution in [0.15, 0.2) is 27.6 Å². The van der Waals surface area contributed by atoms with Crippen molar-refractivity contribution in [3.05, 3.63) is 27.7 Å². The molecule has 106 valence electrons. The molecule has 1 aromatic rings. The van der Waals surface area contributed by atoms with Gasteiger partial charge in [-0.2, -0.15) is 4.72 Å². The predicted molar refractivity (Wildman–Crippen MR) is 75.7 cm³/mol. The van der Waals surface area contributed by atoms with E-state index in [9.17, 15) is 13.2 Å². The summed E-state index contributed by atoms with van der Waals surface area (Å²) in [5.41, 5.74) is 0. The van der Waals surface area contributed by atoms with Gasteiger partial charge in [0.15, 0.2) is 0 Å². The molecule has 0 fully saturated rings. The molecule has 5 nitrogen and oxygen atoms in total. The lowest BCUT2D eigenvalue weighted by atomic mass is 10.1. The van der Waals surface area contributed by atoms with E-state index in [1.165, 1.54) is 18.2 Å². The largest absolute Gasteiger partial charge is 0.480 e. The number of hydrogen-bond donors (Lipinski definition) is 2. The molecule has 0 saturated heterocycles. The molecule has 1 rings (SSSR count). The molecule has 0 radical (unpaired) electrons. The van der Waals surface area contributed by atoms with Crippen molar-refractivity contribution < 1.29 is 18.3 Å². The number of nitrogens with one attached hydrogen (secondary N) is 1. The number of aliphatic carboxylic acids is 1. The second kappa shape index (κ2) is 6.21. The molecule has 0 aliphatic carbocycles. The van der Waals surface area contributed by atoms with E-state index in [0.29, 0.717) is 4.47 Å². The van der Waals surface area contributed by atoms with Crippen LogP contribution in [0, 0.1) is 5.92 Å². The van der Waals surface area contributed by atoms with Gasteiger partial charge in [-0.3, -0.25) is 4.79 Å². The Morgan fingerprint density at radius 2 is 2.00 bits per heavy atom. The van der Waals surface area contributed by atoms with Gasteiger partial charge in [0.1, 0.15) is 6.04 Å². The van der Waals surface area contributed by atoms with E-state index in [0.717, 1.165) is 0 Å². The average molecular weight is 371 g/mol. The molecule has 1 atom stereocenters. The van der Waals surface area contributed by atoms with Gasteiger partial charge in [-0.25, -0.2) is 8.42 Å². The summed E-state index contributed by atoms with van der Waals surface area (Å²) in [7, 11) is -3.92. The Kier molecular flexibility index (Phi) is 5.37. The Morgan fingerprint density at radius 1 is 1.42 bits per heavy atom. The highest BCUT2D eigenvalue weighted by Gasteiger charge is 2.28. The molecule has 0 bridgehead atoms. The van der Waals surface area contributed by atoms with Crippen molar-refractivity contribution in [1.29, 1.82) is 0 Å². The molecule has 2 N–H and O–H groups in total. The quantitative estimate of drug-likeness (QED) is 0.834. The Balaban J connectivity index is 3.10. The van der Waals surface area contributed by atoms with E-state index in [1.807, 2.05) is 0 Å². The highest BCUT2D eigenvalue weighted by molar-refractivity contribution is 9.10. The highest BCUT2D eigenvalue weighted by atomic mass is 79.9. The van der Waals surface area contributed by atoms with Gasteiger partial charge in [-0.1, -0.05) is 25.4 Å². The summed E-state index contributed by atoms with van der Waals surface area (Å²) in [5, 5.41) is 9.23. The lowest BCUT2D eigenvalue weighted by Crippen LogP contribution is -2.44. The Hall–Kier alpha value is -0.630. The van der Waals surface area contributed by atoms with E-state index < -0.39 is 22.0 Å². The first-order chi connectivity index (χ1) is 8.65. The summed E-state index contributed by atoms with van der Waals surface area (Å²) in [4.78, 5) is 10.9. The molecule has 1 aromatic carbocycles. The van der Waals surface area contributed by atoms with Gasteiger partial charge >= 0.3 is 5.97 Å². The standard InChI is InChI=1S/C11H13BrClNO4S/c1-6(2)10(11(15)16)14-19(17,18)7-3-4-8(12)9(13)5-7/h3-6,10,14H,1-2H3,(H,15,16)/t10-/m1/s1. The van der Waals surface area contributed by atoms with Crippen LogP contribution in [-0.2, 0) is 14.8 Å². The van der Waals surface area contributed by atoms with Crippen molar-refractivity contribution in [3.8, 4) is 0 Å². The third-order valence-electron chi connectivity index (χ3n) is 2.42. The fourth-order valence-electron chi connectivity index (χ4n) is 1.35. The number of carboxylic acids is 1. The van der Waals surface area contributed by atoms with Gasteiger partial charge < -0.3 is 5.11 Å². The maximum absolute atomic E-state index is 12.1. The molecular weight excluding hydrogens is 358 g/mol. The van der Waals surface area contributed by atoms with Crippen LogP contribution in [0.3, 0.4) is 0 Å². The predicted octanol–water partition coefficient (Wildman–Crippen LogP) is 2.49. The van der Waals surface area contributed by atoms with Gasteiger partial charge in [-0.15, -0.1) is 0 Å². The molecule has 0 saturated carbocycles. The zero-order chi connectivity index (χ0) is 14.8. The van der Waals surface area contributed by atoms with Crippen LogP contribution in [0.25, 0.3) is 0 Å². The summed E-state index contributed by atoms with van der Waals surface area (Å²) in [6.45, 7) is 3.24. The second-order valence-electron chi connectivity index (χ2n) is 4.26. The van der Waals surface area contributed by atoms with E-state index in [4.69, 9.17) is 16.7 Å². The fourth-order valence-corrected chi connectivity index (χ4v) is 3.21. The third kappa shape index (κ3) is 4.17. The lowest BCUT2D eigenvalue weighted by molar-refractivity contribution is -0.140. The number of sulfonamides is 1. The first kappa shape index (κ1) is 16.4. The fraction of sp³-hybridized carbons (Fsp3) is 0.364. The first-order valence-electron chi connectivity index (χ1n) is 5.35. The molecule has 0 spiro atoms. The zero-order valence-corrected chi connectivity index (χ0v) is 13.4. The van der Waals surface area contributed by atoms with E-state index in [-0.39, 0.29) is 15.8 Å². The number of hydrogen-bond acceptors (Lipinski definition) is 3. The van der Waals surface area contributed by atoms with Crippen molar-refractivity contribution in [1.82, 2.24) is 4.72 Å². The summed E-state index contributed by atoms with van der Waals surface area (Å²) >= 11 is 8.98. The van der Waals surface area contributed by atoms with Crippen LogP contribution in [0.1, 0.15) is 13.8 Å². The normalized spacial score (nSPS) is 13.5. The molecule has 0 amide bonds. The minimum absolute atomic E-state index is 0.0763. The molecular formula is C11H13BrClNO4S. The monoisotopic (exact) mass is 369 g/mol. The van der Waals surface area contributed by atoms with Crippen LogP contribution in [0.2, 0.25) is 5.02 Å². The van der Waals surface area contributed by atoms with Crippen LogP contribution in [-0.4, -0.2) is 25.5 Å². The van der Waals surface area contributed by atoms with E-state index in [2.05, 4.69) is 20.7 Å². The molecule has 0 aromatic heterocycles. The van der Waals surface area contributed by atoms with Crippen LogP contribution in [0.5, 0.6) is 0 Å². The number of halogens is 2. The van der Waals surface area contributed by atoms with Crippen molar-refractivity contribution >= 4 is 43.5 Å². The number of carboxylic acid groups (broad SMARTS) is 1. The summed E-state index contributed by atoms with van der Waals surface area (Å²) in [5.74, 6) is -1.60. The maximum Gasteiger partial charge on any atom is 0.322 e. The lowest BCUT2D eigenvalue weighted by Gasteiger charge is -2.18. The van der Waals surface area contributed by atoms with Crippen molar-refractivity contribution in [2.45, 2.75) is 24.8 Å². The van der Waals surface area contributed by atoms with Crippen LogP contribution >= 0.6 is 27.5 Å². The minimum atomic E-state index is -3.92. The third-order valence-corrected chi connectivity index (χ3v) is 5.09. The van der Waals surface area contributed by atoms with Crippen molar-refractivity contribution in [2.24, 2.45) is 5.92 Å². The van der Waals surface area contributed by atoms with Crippen molar-refractivity contribution in [3.63, 3.8) is 0 Å². The minimum Gasteiger partial charge on any atom is -0.480 e. The Morgan fingerprint density at radius 3 is 2.42 bits per heavy atom. The van der Waals surface area contributed by atoms with Gasteiger partial charge in [0, 0.05) is 4.47 Å². The van der Waals surface area contributed by atoms with Crippen LogP contribution in [0.4, 0.5) is 0 Å². The number of benzene rings is 1. The van der Waals surface area contributed by atoms with Gasteiger partial charge in [0.05, 0.1) is 9.92 Å². The van der Waals surface area contributed by atoms with E-state index >= 15 is 0 Å². The molecule has 0 aliphatic rings. The number of rotatable bonds is 5. The van der Waals surface area contributed by atoms with Gasteiger partial charge in [0.2, 0.25) is 10.0 Å². The second-order valence-corrected chi connectivity index (χ2v) is 7.23. The summed E-state index contributed by atoms with van der Waals surface area (Å²) < 4.78 is 26.8. The highest BCUT2D eigenvalue weighted by Crippen LogP contribution is 2.25. The number of carbonyl (C=O) groups is 1. The van der Waals surface area contributed by atoms with E-state index in [1.54, 1.807) is 13.8 Å². The summed E-state index contributed by atoms with van der Waals surface area (Å²) in [6.07, 6.45) is 0. The molecule has 19 heavy (non-hydrogen) atoms. The summed E-state index contributed by atoms with van der Waals surface area (Å²) in [6, 6.07) is 2.90. The van der Waals surface area contributed by atoms with Crippen molar-refractivity contribution in [2.75, 3.05) is 0 Å². The van der Waals surface area contributed by atoms with Gasteiger partial charge in [-0.05, 0) is 40.0 Å². The SMILES string of the molecule is CC(C)[C@@H](NS(=O)(=O)c1ccc(Br)c(Cl)c1)C(=O)O. The molecule has 8 heteroatoms. The first-order valence-corrected chi connectivity index (χ1v) is 8.00. The molecule has 0 heterocycles. The Bertz CT molecular complexity index is 588.